The van der Waals surface area contributed by atoms with E-state index in [9.17, 15) is 34.8 Å². The summed E-state index contributed by atoms with van der Waals surface area (Å²) in [4.78, 5) is 0. The van der Waals surface area contributed by atoms with E-state index in [1.807, 2.05) is 30.3 Å². The Kier molecular flexibility index (Phi) is 9.41. The zero-order valence-corrected chi connectivity index (χ0v) is 19.9. The summed E-state index contributed by atoms with van der Waals surface area (Å²) >= 11 is 12.0. The van der Waals surface area contributed by atoms with Gasteiger partial charge in [-0.05, 0) is 48.1 Å². The molecule has 0 aliphatic heterocycles. The molecule has 0 aliphatic rings. The Hall–Kier alpha value is -1.84. The van der Waals surface area contributed by atoms with E-state index in [1.165, 1.54) is 15.9 Å². The molecule has 3 nitrogen and oxygen atoms in total. The molecule has 13 heteroatoms. The van der Waals surface area contributed by atoms with E-state index in [0.717, 1.165) is 10.0 Å². The van der Waals surface area contributed by atoms with Crippen molar-refractivity contribution in [3.05, 3.63) is 88.9 Å². The number of hydrogen-bond acceptors (Lipinski definition) is 2. The van der Waals surface area contributed by atoms with Crippen molar-refractivity contribution in [2.75, 3.05) is 0 Å². The minimum absolute atomic E-state index is 0.588. The van der Waals surface area contributed by atoms with Crippen LogP contribution in [-0.4, -0.2) is 30.6 Å². The predicted octanol–water partition coefficient (Wildman–Crippen LogP) is 6.12. The third-order valence-corrected chi connectivity index (χ3v) is 8.04. The highest BCUT2D eigenvalue weighted by Crippen LogP contribution is 2.42. The molecule has 34 heavy (non-hydrogen) atoms. The van der Waals surface area contributed by atoms with E-state index in [-0.39, 0.29) is 0 Å². The summed E-state index contributed by atoms with van der Waals surface area (Å²) in [5.74, 6) is -6.12. The maximum absolute atomic E-state index is 11.9. The highest BCUT2D eigenvalue weighted by atomic mass is 35.5. The molecule has 3 aromatic rings. The van der Waals surface area contributed by atoms with E-state index in [4.69, 9.17) is 27.8 Å². The van der Waals surface area contributed by atoms with Crippen LogP contribution in [0, 0.1) is 0 Å². The average molecular weight is 563 g/mol. The fourth-order valence-corrected chi connectivity index (χ4v) is 5.45. The van der Waals surface area contributed by atoms with Gasteiger partial charge in [0.1, 0.15) is 0 Å². The highest BCUT2D eigenvalue weighted by molar-refractivity contribution is 7.87. The van der Waals surface area contributed by atoms with Crippen molar-refractivity contribution in [1.29, 1.82) is 0 Å². The molecule has 0 bridgehead atoms. The number of hydrogen-bond donors (Lipinski definition) is 1. The van der Waals surface area contributed by atoms with Crippen molar-refractivity contribution in [3.63, 3.8) is 0 Å². The number of alkyl halides is 6. The SMILES string of the molecule is Clc1ccc(P(c2ccccc2)c2ccc(Cl)cc2)cc1.O=S(=O)(O)C(F)(F)C(F)(F)C(F)F. The van der Waals surface area contributed by atoms with Gasteiger partial charge in [0.25, 0.3) is 0 Å². The van der Waals surface area contributed by atoms with Crippen LogP contribution in [-0.2, 0) is 10.1 Å². The van der Waals surface area contributed by atoms with Crippen molar-refractivity contribution >= 4 is 57.2 Å². The van der Waals surface area contributed by atoms with Crippen molar-refractivity contribution in [2.45, 2.75) is 17.6 Å². The Morgan fingerprint density at radius 2 is 1.06 bits per heavy atom. The van der Waals surface area contributed by atoms with Crippen LogP contribution in [0.25, 0.3) is 0 Å². The van der Waals surface area contributed by atoms with Crippen LogP contribution in [0.2, 0.25) is 10.0 Å². The molecule has 0 saturated heterocycles. The fraction of sp³-hybridized carbons (Fsp3) is 0.143. The summed E-state index contributed by atoms with van der Waals surface area (Å²) in [6.07, 6.45) is -4.90. The molecule has 0 unspecified atom stereocenters. The number of halogens is 8. The molecule has 0 aliphatic carbocycles. The second-order valence-electron chi connectivity index (χ2n) is 6.54. The van der Waals surface area contributed by atoms with Gasteiger partial charge < -0.3 is 0 Å². The summed E-state index contributed by atoms with van der Waals surface area (Å²) < 4.78 is 96.5. The van der Waals surface area contributed by atoms with Crippen LogP contribution >= 0.6 is 31.1 Å². The Balaban J connectivity index is 0.000000273. The van der Waals surface area contributed by atoms with Crippen molar-refractivity contribution in [3.8, 4) is 0 Å². The molecule has 0 fully saturated rings. The van der Waals surface area contributed by atoms with Crippen LogP contribution in [0.15, 0.2) is 78.9 Å². The second kappa shape index (κ2) is 11.3. The maximum Gasteiger partial charge on any atom is 0.437 e. The van der Waals surface area contributed by atoms with E-state index in [0.29, 0.717) is 0 Å². The second-order valence-corrected chi connectivity index (χ2v) is 11.1. The van der Waals surface area contributed by atoms with Gasteiger partial charge in [0, 0.05) is 10.0 Å². The van der Waals surface area contributed by atoms with Gasteiger partial charge in [0.05, 0.1) is 0 Å². The molecule has 184 valence electrons. The zero-order chi connectivity index (χ0) is 25.7. The fourth-order valence-electron chi connectivity index (χ4n) is 2.50. The molecule has 0 amide bonds. The lowest BCUT2D eigenvalue weighted by atomic mass is 10.3. The van der Waals surface area contributed by atoms with Gasteiger partial charge in [0.2, 0.25) is 0 Å². The minimum atomic E-state index is -6.57. The molecule has 0 atom stereocenters. The molecule has 3 aromatic carbocycles. The molecule has 1 N–H and O–H groups in total. The molecule has 0 aromatic heterocycles. The van der Waals surface area contributed by atoms with Crippen molar-refractivity contribution in [2.24, 2.45) is 0 Å². The van der Waals surface area contributed by atoms with Crippen LogP contribution in [0.3, 0.4) is 0 Å². The van der Waals surface area contributed by atoms with Crippen molar-refractivity contribution < 1.29 is 39.3 Å². The standard InChI is InChI=1S/C18H13Cl2P.C3H2F6O3S/c19-14-6-10-17(11-7-14)21(16-4-2-1-3-5-16)18-12-8-15(20)9-13-18;4-1(5)2(6,7)3(8,9)13(10,11)12/h1-13H;1H,(H,10,11,12). The Morgan fingerprint density at radius 3 is 1.35 bits per heavy atom. The monoisotopic (exact) mass is 562 g/mol. The first-order chi connectivity index (χ1) is 15.7. The molecule has 0 radical (unpaired) electrons. The number of benzene rings is 3. The lowest BCUT2D eigenvalue weighted by molar-refractivity contribution is -0.227. The third-order valence-electron chi connectivity index (χ3n) is 4.17. The lowest BCUT2D eigenvalue weighted by Gasteiger charge is -2.22. The molecular weight excluding hydrogens is 548 g/mol. The summed E-state index contributed by atoms with van der Waals surface area (Å²) in [5, 5.41) is -0.799. The number of rotatable bonds is 6. The van der Waals surface area contributed by atoms with E-state index < -0.39 is 35.6 Å². The van der Waals surface area contributed by atoms with E-state index >= 15 is 0 Å². The van der Waals surface area contributed by atoms with Crippen LogP contribution in [0.1, 0.15) is 0 Å². The van der Waals surface area contributed by atoms with Gasteiger partial charge in [-0.15, -0.1) is 0 Å². The smallest absolute Gasteiger partial charge is 0.281 e. The first kappa shape index (κ1) is 28.4. The quantitative estimate of drug-likeness (QED) is 0.224. The van der Waals surface area contributed by atoms with Gasteiger partial charge in [-0.3, -0.25) is 4.55 Å². The van der Waals surface area contributed by atoms with Gasteiger partial charge >= 0.3 is 27.7 Å². The lowest BCUT2D eigenvalue weighted by Crippen LogP contribution is -2.51. The topological polar surface area (TPSA) is 54.4 Å². The first-order valence-corrected chi connectivity index (χ1v) is 12.6. The first-order valence-electron chi connectivity index (χ1n) is 9.05. The van der Waals surface area contributed by atoms with Crippen LogP contribution in [0.5, 0.6) is 0 Å². The summed E-state index contributed by atoms with van der Waals surface area (Å²) in [5.41, 5.74) is 0. The minimum Gasteiger partial charge on any atom is -0.281 e. The van der Waals surface area contributed by atoms with Crippen LogP contribution in [0.4, 0.5) is 26.3 Å². The molecular formula is C21H15Cl2F6O3PS. The van der Waals surface area contributed by atoms with Gasteiger partial charge in [-0.2, -0.15) is 26.0 Å². The largest absolute Gasteiger partial charge is 0.437 e. The van der Waals surface area contributed by atoms with Crippen molar-refractivity contribution in [1.82, 2.24) is 0 Å². The third kappa shape index (κ3) is 6.64. The molecule has 0 saturated carbocycles. The Labute approximate surface area is 202 Å². The summed E-state index contributed by atoms with van der Waals surface area (Å²) in [6, 6.07) is 26.8. The molecule has 0 spiro atoms. The average Bonchev–Trinajstić information content (AvgIpc) is 2.77. The van der Waals surface area contributed by atoms with Crippen LogP contribution < -0.4 is 15.9 Å². The van der Waals surface area contributed by atoms with Gasteiger partial charge in [-0.1, -0.05) is 77.8 Å². The summed E-state index contributed by atoms with van der Waals surface area (Å²) in [7, 11) is -7.16. The highest BCUT2D eigenvalue weighted by Gasteiger charge is 2.70. The van der Waals surface area contributed by atoms with Gasteiger partial charge in [-0.25, -0.2) is 8.78 Å². The molecule has 3 rings (SSSR count). The van der Waals surface area contributed by atoms with E-state index in [1.54, 1.807) is 0 Å². The van der Waals surface area contributed by atoms with Gasteiger partial charge in [0.15, 0.2) is 0 Å². The van der Waals surface area contributed by atoms with E-state index in [2.05, 4.69) is 48.5 Å². The molecule has 0 heterocycles. The maximum atomic E-state index is 11.9. The predicted molar refractivity (Wildman–Crippen MR) is 123 cm³/mol. The zero-order valence-electron chi connectivity index (χ0n) is 16.7. The Bertz CT molecular complexity index is 1130. The summed E-state index contributed by atoms with van der Waals surface area (Å²) in [6.45, 7) is 0. The normalized spacial score (nSPS) is 12.4. The Morgan fingerprint density at radius 1 is 0.706 bits per heavy atom.